The van der Waals surface area contributed by atoms with E-state index < -0.39 is 23.3 Å². The van der Waals surface area contributed by atoms with Crippen LogP contribution in [0.1, 0.15) is 75.8 Å². The standard InChI is InChI=1S/C32H34F4/c1-3-5-6-8-25-17-18-26(30(34)29(25)33)23-13-15-24(16-14-23)28-20-19-27(31(35)32(28)36)22-11-9-21(7-4-2)10-12-22/h4,7,13-22H,3,5-6,8-12H2,1-2H3. The molecule has 3 aromatic carbocycles. The maximum atomic E-state index is 15.1. The first-order chi connectivity index (χ1) is 17.4. The lowest BCUT2D eigenvalue weighted by molar-refractivity contribution is 0.364. The number of halogens is 4. The van der Waals surface area contributed by atoms with Crippen molar-refractivity contribution in [1.82, 2.24) is 0 Å². The van der Waals surface area contributed by atoms with E-state index in [-0.39, 0.29) is 17.0 Å². The van der Waals surface area contributed by atoms with Gasteiger partial charge in [0.1, 0.15) is 0 Å². The van der Waals surface area contributed by atoms with Crippen LogP contribution in [0, 0.1) is 29.2 Å². The van der Waals surface area contributed by atoms with E-state index >= 15 is 8.78 Å². The summed E-state index contributed by atoms with van der Waals surface area (Å²) in [6.45, 7) is 4.07. The van der Waals surface area contributed by atoms with Gasteiger partial charge in [-0.3, -0.25) is 0 Å². The van der Waals surface area contributed by atoms with E-state index in [9.17, 15) is 8.78 Å². The first kappa shape index (κ1) is 26.2. The average Bonchev–Trinajstić information content (AvgIpc) is 2.89. The minimum Gasteiger partial charge on any atom is -0.203 e. The van der Waals surface area contributed by atoms with Crippen LogP contribution in [0.25, 0.3) is 22.3 Å². The van der Waals surface area contributed by atoms with Gasteiger partial charge in [0.2, 0.25) is 0 Å². The number of hydrogen-bond donors (Lipinski definition) is 0. The third-order valence-electron chi connectivity index (χ3n) is 7.51. The number of aryl methyl sites for hydroxylation is 1. The molecule has 1 aliphatic rings. The van der Waals surface area contributed by atoms with E-state index in [2.05, 4.69) is 19.1 Å². The molecule has 0 saturated heterocycles. The third-order valence-corrected chi connectivity index (χ3v) is 7.51. The van der Waals surface area contributed by atoms with Crippen molar-refractivity contribution in [3.8, 4) is 22.3 Å². The minimum absolute atomic E-state index is 0.0280. The van der Waals surface area contributed by atoms with E-state index in [1.807, 2.05) is 6.92 Å². The zero-order valence-corrected chi connectivity index (χ0v) is 21.1. The maximum absolute atomic E-state index is 15.1. The Morgan fingerprint density at radius 3 is 1.86 bits per heavy atom. The Kier molecular flexibility index (Phi) is 8.66. The van der Waals surface area contributed by atoms with E-state index in [1.165, 1.54) is 0 Å². The van der Waals surface area contributed by atoms with Crippen LogP contribution >= 0.6 is 0 Å². The van der Waals surface area contributed by atoms with Gasteiger partial charge in [-0.25, -0.2) is 17.6 Å². The van der Waals surface area contributed by atoms with Crippen LogP contribution in [0.2, 0.25) is 0 Å². The molecule has 3 aromatic rings. The minimum atomic E-state index is -0.873. The molecule has 0 heterocycles. The molecule has 4 rings (SSSR count). The number of hydrogen-bond acceptors (Lipinski definition) is 0. The van der Waals surface area contributed by atoms with E-state index in [0.29, 0.717) is 34.6 Å². The van der Waals surface area contributed by atoms with Gasteiger partial charge in [-0.15, -0.1) is 0 Å². The van der Waals surface area contributed by atoms with E-state index in [0.717, 1.165) is 44.9 Å². The smallest absolute Gasteiger partial charge is 0.166 e. The maximum Gasteiger partial charge on any atom is 0.166 e. The molecule has 0 aromatic heterocycles. The summed E-state index contributed by atoms with van der Waals surface area (Å²) < 4.78 is 59.6. The van der Waals surface area contributed by atoms with Crippen LogP contribution in [-0.2, 0) is 6.42 Å². The highest BCUT2D eigenvalue weighted by Gasteiger charge is 2.25. The monoisotopic (exact) mass is 494 g/mol. The zero-order valence-electron chi connectivity index (χ0n) is 21.1. The highest BCUT2D eigenvalue weighted by molar-refractivity contribution is 5.71. The average molecular weight is 495 g/mol. The predicted octanol–water partition coefficient (Wildman–Crippen LogP) is 10.2. The van der Waals surface area contributed by atoms with Gasteiger partial charge >= 0.3 is 0 Å². The largest absolute Gasteiger partial charge is 0.203 e. The van der Waals surface area contributed by atoms with Crippen molar-refractivity contribution in [3.05, 3.63) is 95.1 Å². The number of allylic oxidation sites excluding steroid dienone is 2. The summed E-state index contributed by atoms with van der Waals surface area (Å²) in [6.07, 6.45) is 11.2. The lowest BCUT2D eigenvalue weighted by atomic mass is 9.78. The number of rotatable bonds is 8. The molecular formula is C32H34F4. The lowest BCUT2D eigenvalue weighted by Crippen LogP contribution is -2.13. The summed E-state index contributed by atoms with van der Waals surface area (Å²) >= 11 is 0. The molecule has 0 atom stereocenters. The van der Waals surface area contributed by atoms with Gasteiger partial charge in [-0.2, -0.15) is 0 Å². The topological polar surface area (TPSA) is 0 Å². The molecule has 0 aliphatic heterocycles. The summed E-state index contributed by atoms with van der Waals surface area (Å²) in [5.74, 6) is -2.77. The fourth-order valence-electron chi connectivity index (χ4n) is 5.40. The zero-order chi connectivity index (χ0) is 25.7. The Labute approximate surface area is 212 Å². The van der Waals surface area contributed by atoms with Crippen molar-refractivity contribution in [3.63, 3.8) is 0 Å². The van der Waals surface area contributed by atoms with Crippen LogP contribution in [0.3, 0.4) is 0 Å². The molecular weight excluding hydrogens is 460 g/mol. The molecule has 1 aliphatic carbocycles. The summed E-state index contributed by atoms with van der Waals surface area (Å²) in [6, 6.07) is 13.1. The van der Waals surface area contributed by atoms with Crippen LogP contribution in [0.5, 0.6) is 0 Å². The van der Waals surface area contributed by atoms with E-state index in [4.69, 9.17) is 0 Å². The second-order valence-electron chi connectivity index (χ2n) is 9.90. The predicted molar refractivity (Wildman–Crippen MR) is 140 cm³/mol. The van der Waals surface area contributed by atoms with Crippen molar-refractivity contribution in [2.24, 2.45) is 5.92 Å². The molecule has 0 N–H and O–H groups in total. The van der Waals surface area contributed by atoms with Crippen molar-refractivity contribution in [2.75, 3.05) is 0 Å². The van der Waals surface area contributed by atoms with Gasteiger partial charge in [-0.05, 0) is 79.5 Å². The molecule has 4 heteroatoms. The molecule has 0 amide bonds. The number of unbranched alkanes of at least 4 members (excludes halogenated alkanes) is 2. The first-order valence-electron chi connectivity index (χ1n) is 13.1. The molecule has 0 bridgehead atoms. The normalized spacial score (nSPS) is 18.2. The molecule has 190 valence electrons. The fourth-order valence-corrected chi connectivity index (χ4v) is 5.40. The van der Waals surface area contributed by atoms with Gasteiger partial charge in [0.05, 0.1) is 0 Å². The first-order valence-corrected chi connectivity index (χ1v) is 13.1. The Hall–Kier alpha value is -2.88. The molecule has 0 radical (unpaired) electrons. The summed E-state index contributed by atoms with van der Waals surface area (Å²) in [7, 11) is 0. The highest BCUT2D eigenvalue weighted by Crippen LogP contribution is 2.39. The lowest BCUT2D eigenvalue weighted by Gasteiger charge is -2.27. The van der Waals surface area contributed by atoms with E-state index in [1.54, 1.807) is 48.5 Å². The number of benzene rings is 3. The third kappa shape index (κ3) is 5.58. The van der Waals surface area contributed by atoms with Gasteiger partial charge in [0, 0.05) is 11.1 Å². The molecule has 1 saturated carbocycles. The Morgan fingerprint density at radius 2 is 1.28 bits per heavy atom. The second-order valence-corrected chi connectivity index (χ2v) is 9.90. The van der Waals surface area contributed by atoms with Crippen LogP contribution < -0.4 is 0 Å². The van der Waals surface area contributed by atoms with Gasteiger partial charge in [-0.1, -0.05) is 80.4 Å². The van der Waals surface area contributed by atoms with Crippen molar-refractivity contribution >= 4 is 0 Å². The quantitative estimate of drug-likeness (QED) is 0.166. The van der Waals surface area contributed by atoms with Gasteiger partial charge in [0.25, 0.3) is 0 Å². The molecule has 0 unspecified atom stereocenters. The Balaban J connectivity index is 1.53. The summed E-state index contributed by atoms with van der Waals surface area (Å²) in [4.78, 5) is 0. The Bertz CT molecular complexity index is 1200. The SMILES string of the molecule is CC=CC1CCC(c2ccc(-c3ccc(-c4ccc(CCCCC)c(F)c4F)cc3)c(F)c2F)CC1. The highest BCUT2D eigenvalue weighted by atomic mass is 19.2. The van der Waals surface area contributed by atoms with Crippen LogP contribution in [-0.4, -0.2) is 0 Å². The fraction of sp³-hybridized carbons (Fsp3) is 0.375. The van der Waals surface area contributed by atoms with Crippen molar-refractivity contribution in [1.29, 1.82) is 0 Å². The van der Waals surface area contributed by atoms with Gasteiger partial charge < -0.3 is 0 Å². The van der Waals surface area contributed by atoms with Gasteiger partial charge in [0.15, 0.2) is 23.3 Å². The molecule has 36 heavy (non-hydrogen) atoms. The van der Waals surface area contributed by atoms with Crippen molar-refractivity contribution in [2.45, 2.75) is 71.1 Å². The second kappa shape index (κ2) is 11.9. The molecule has 1 fully saturated rings. The molecule has 0 nitrogen and oxygen atoms in total. The molecule has 0 spiro atoms. The summed E-state index contributed by atoms with van der Waals surface area (Å²) in [5.41, 5.74) is 2.15. The van der Waals surface area contributed by atoms with Crippen LogP contribution in [0.4, 0.5) is 17.6 Å². The Morgan fingerprint density at radius 1 is 0.694 bits per heavy atom. The van der Waals surface area contributed by atoms with Crippen LogP contribution in [0.15, 0.2) is 60.7 Å². The summed E-state index contributed by atoms with van der Waals surface area (Å²) in [5, 5.41) is 0. The van der Waals surface area contributed by atoms with Crippen molar-refractivity contribution < 1.29 is 17.6 Å².